The first-order valence-electron chi connectivity index (χ1n) is 9.49. The molecule has 1 aromatic carbocycles. The van der Waals surface area contributed by atoms with Crippen molar-refractivity contribution < 1.29 is 4.79 Å². The number of ketones is 1. The lowest BCUT2D eigenvalue weighted by molar-refractivity contribution is -0.123. The van der Waals surface area contributed by atoms with Gasteiger partial charge in [0, 0.05) is 12.1 Å². The van der Waals surface area contributed by atoms with Crippen LogP contribution in [0.5, 0.6) is 0 Å². The van der Waals surface area contributed by atoms with Gasteiger partial charge in [0.2, 0.25) is 0 Å². The summed E-state index contributed by atoms with van der Waals surface area (Å²) < 4.78 is 0. The molecular weight excluding hydrogens is 296 g/mol. The maximum Gasteiger partial charge on any atom is 0.140 e. The normalized spacial score (nSPS) is 18.9. The van der Waals surface area contributed by atoms with Crippen molar-refractivity contribution in [3.8, 4) is 0 Å². The number of benzene rings is 1. The molecule has 1 heterocycles. The van der Waals surface area contributed by atoms with Crippen LogP contribution in [0.3, 0.4) is 0 Å². The first-order valence-corrected chi connectivity index (χ1v) is 9.49. The van der Waals surface area contributed by atoms with Crippen LogP contribution < -0.4 is 10.6 Å². The van der Waals surface area contributed by atoms with Crippen LogP contribution in [-0.2, 0) is 10.2 Å². The number of hydrogen-bond acceptors (Lipinski definition) is 3. The van der Waals surface area contributed by atoms with E-state index >= 15 is 0 Å². The van der Waals surface area contributed by atoms with Crippen molar-refractivity contribution in [3.05, 3.63) is 35.9 Å². The molecule has 0 spiro atoms. The Balaban J connectivity index is 0.000000277. The van der Waals surface area contributed by atoms with Crippen molar-refractivity contribution >= 4 is 5.78 Å². The van der Waals surface area contributed by atoms with E-state index in [2.05, 4.69) is 50.5 Å². The van der Waals surface area contributed by atoms with Crippen LogP contribution in [0.1, 0.15) is 65.9 Å². The van der Waals surface area contributed by atoms with Gasteiger partial charge in [-0.15, -0.1) is 0 Å². The van der Waals surface area contributed by atoms with Crippen LogP contribution in [0.2, 0.25) is 0 Å². The summed E-state index contributed by atoms with van der Waals surface area (Å²) in [5.74, 6) is 0.301. The van der Waals surface area contributed by atoms with E-state index in [-0.39, 0.29) is 5.41 Å². The Kier molecular flexibility index (Phi) is 9.24. The number of hydrogen-bond donors (Lipinski definition) is 2. The molecule has 2 N–H and O–H groups in total. The van der Waals surface area contributed by atoms with E-state index in [1.54, 1.807) is 6.92 Å². The lowest BCUT2D eigenvalue weighted by Gasteiger charge is -2.35. The highest BCUT2D eigenvalue weighted by Crippen LogP contribution is 2.34. The fourth-order valence-electron chi connectivity index (χ4n) is 3.18. The molecule has 0 saturated carbocycles. The molecule has 0 amide bonds. The zero-order chi connectivity index (χ0) is 18.0. The maximum absolute atomic E-state index is 11.9. The van der Waals surface area contributed by atoms with Crippen LogP contribution >= 0.6 is 0 Å². The molecule has 3 nitrogen and oxygen atoms in total. The molecule has 3 heteroatoms. The number of carbonyl (C=O) groups excluding carboxylic acids is 1. The maximum atomic E-state index is 11.9. The fourth-order valence-corrected chi connectivity index (χ4v) is 3.18. The summed E-state index contributed by atoms with van der Waals surface area (Å²) in [4.78, 5) is 11.9. The summed E-state index contributed by atoms with van der Waals surface area (Å²) in [6, 6.07) is 11.5. The van der Waals surface area contributed by atoms with Gasteiger partial charge in [-0.05, 0) is 65.1 Å². The minimum atomic E-state index is -0.230. The monoisotopic (exact) mass is 332 g/mol. The van der Waals surface area contributed by atoms with E-state index < -0.39 is 0 Å². The fraction of sp³-hybridized carbons (Fsp3) is 0.667. The third-order valence-electron chi connectivity index (χ3n) is 5.25. The third kappa shape index (κ3) is 6.03. The van der Waals surface area contributed by atoms with Crippen molar-refractivity contribution in [2.75, 3.05) is 13.1 Å². The Labute approximate surface area is 148 Å². The molecule has 2 unspecified atom stereocenters. The first-order chi connectivity index (χ1) is 11.5. The molecular formula is C21H36N2O. The van der Waals surface area contributed by atoms with Crippen molar-refractivity contribution in [1.29, 1.82) is 0 Å². The highest BCUT2D eigenvalue weighted by Gasteiger charge is 2.37. The molecule has 0 radical (unpaired) electrons. The van der Waals surface area contributed by atoms with Gasteiger partial charge in [0.1, 0.15) is 5.78 Å². The molecule has 2 rings (SSSR count). The van der Waals surface area contributed by atoms with Gasteiger partial charge in [-0.2, -0.15) is 0 Å². The van der Waals surface area contributed by atoms with Crippen molar-refractivity contribution in [3.63, 3.8) is 0 Å². The molecule has 0 bridgehead atoms. The number of piperidine rings is 1. The molecule has 0 aromatic heterocycles. The van der Waals surface area contributed by atoms with Crippen LogP contribution in [0.25, 0.3) is 0 Å². The van der Waals surface area contributed by atoms with Gasteiger partial charge < -0.3 is 10.6 Å². The summed E-state index contributed by atoms with van der Waals surface area (Å²) in [7, 11) is 0. The quantitative estimate of drug-likeness (QED) is 0.825. The summed E-state index contributed by atoms with van der Waals surface area (Å²) in [6.45, 7) is 12.5. The smallest absolute Gasteiger partial charge is 0.140 e. The highest BCUT2D eigenvalue weighted by molar-refractivity contribution is 5.88. The van der Waals surface area contributed by atoms with Gasteiger partial charge in [-0.25, -0.2) is 0 Å². The Morgan fingerprint density at radius 1 is 1.08 bits per heavy atom. The predicted octanol–water partition coefficient (Wildman–Crippen LogP) is 4.07. The van der Waals surface area contributed by atoms with Gasteiger partial charge >= 0.3 is 0 Å². The van der Waals surface area contributed by atoms with Gasteiger partial charge in [-0.1, -0.05) is 44.2 Å². The van der Waals surface area contributed by atoms with Gasteiger partial charge in [-0.3, -0.25) is 4.79 Å². The Bertz CT molecular complexity index is 458. The van der Waals surface area contributed by atoms with E-state index in [9.17, 15) is 4.79 Å². The zero-order valence-corrected chi connectivity index (χ0v) is 16.2. The van der Waals surface area contributed by atoms with E-state index in [1.807, 2.05) is 18.2 Å². The Morgan fingerprint density at radius 3 is 2.00 bits per heavy atom. The number of carbonyl (C=O) groups is 1. The largest absolute Gasteiger partial charge is 0.317 e. The predicted molar refractivity (Wildman–Crippen MR) is 104 cm³/mol. The second kappa shape index (κ2) is 10.6. The Hall–Kier alpha value is -1.19. The van der Waals surface area contributed by atoms with Crippen molar-refractivity contribution in [2.45, 2.75) is 77.8 Å². The summed E-state index contributed by atoms with van der Waals surface area (Å²) >= 11 is 0. The summed E-state index contributed by atoms with van der Waals surface area (Å²) in [6.07, 6.45) is 4.30. The molecule has 0 aliphatic carbocycles. The van der Waals surface area contributed by atoms with Gasteiger partial charge in [0.15, 0.2) is 0 Å². The van der Waals surface area contributed by atoms with Gasteiger partial charge in [0.05, 0.1) is 5.41 Å². The summed E-state index contributed by atoms with van der Waals surface area (Å²) in [5, 5.41) is 6.79. The standard InChI is InChI=1S/C13H17NO.C8H19N/c1-11(15)13(7-9-14-10-8-13)12-5-3-2-4-6-12;1-5-7(3)9-8(4)6-2/h2-6,14H,7-10H2,1H3;7-9H,5-6H2,1-4H3. The zero-order valence-electron chi connectivity index (χ0n) is 16.2. The van der Waals surface area contributed by atoms with Crippen molar-refractivity contribution in [2.24, 2.45) is 0 Å². The highest BCUT2D eigenvalue weighted by atomic mass is 16.1. The topological polar surface area (TPSA) is 41.1 Å². The molecule has 2 atom stereocenters. The number of nitrogens with one attached hydrogen (secondary N) is 2. The van der Waals surface area contributed by atoms with E-state index in [0.29, 0.717) is 17.9 Å². The van der Waals surface area contributed by atoms with Crippen LogP contribution in [0, 0.1) is 0 Å². The molecule has 1 aliphatic heterocycles. The van der Waals surface area contributed by atoms with E-state index in [1.165, 1.54) is 18.4 Å². The molecule has 24 heavy (non-hydrogen) atoms. The minimum absolute atomic E-state index is 0.230. The minimum Gasteiger partial charge on any atom is -0.317 e. The second-order valence-corrected chi connectivity index (χ2v) is 7.04. The van der Waals surface area contributed by atoms with Crippen LogP contribution in [-0.4, -0.2) is 31.0 Å². The molecule has 1 aromatic rings. The second-order valence-electron chi connectivity index (χ2n) is 7.04. The van der Waals surface area contributed by atoms with Crippen LogP contribution in [0.15, 0.2) is 30.3 Å². The lowest BCUT2D eigenvalue weighted by Crippen LogP contribution is -2.44. The molecule has 1 saturated heterocycles. The SMILES string of the molecule is CC(=O)C1(c2ccccc2)CCNCC1.CCC(C)NC(C)CC. The number of Topliss-reactive ketones (excluding diaryl/α,β-unsaturated/α-hetero) is 1. The third-order valence-corrected chi connectivity index (χ3v) is 5.25. The van der Waals surface area contributed by atoms with Gasteiger partial charge in [0.25, 0.3) is 0 Å². The Morgan fingerprint density at radius 2 is 1.58 bits per heavy atom. The van der Waals surface area contributed by atoms with Crippen molar-refractivity contribution in [1.82, 2.24) is 10.6 Å². The average molecular weight is 333 g/mol. The molecule has 1 fully saturated rings. The molecule has 1 aliphatic rings. The van der Waals surface area contributed by atoms with E-state index in [4.69, 9.17) is 0 Å². The summed E-state index contributed by atoms with van der Waals surface area (Å²) in [5.41, 5.74) is 0.950. The number of rotatable bonds is 6. The molecule has 136 valence electrons. The van der Waals surface area contributed by atoms with Crippen LogP contribution in [0.4, 0.5) is 0 Å². The van der Waals surface area contributed by atoms with E-state index in [0.717, 1.165) is 25.9 Å². The lowest BCUT2D eigenvalue weighted by atomic mass is 9.70. The first kappa shape index (κ1) is 20.9. The average Bonchev–Trinajstić information content (AvgIpc) is 2.63.